The van der Waals surface area contributed by atoms with Gasteiger partial charge in [0.1, 0.15) is 5.56 Å². The zero-order valence-electron chi connectivity index (χ0n) is 10.4. The number of hydrogen-bond acceptors (Lipinski definition) is 1. The van der Waals surface area contributed by atoms with Crippen molar-refractivity contribution in [3.05, 3.63) is 0 Å². The van der Waals surface area contributed by atoms with Gasteiger partial charge in [-0.3, -0.25) is 0 Å². The van der Waals surface area contributed by atoms with E-state index in [4.69, 9.17) is 16.3 Å². The lowest BCUT2D eigenvalue weighted by Crippen LogP contribution is -2.24. The highest BCUT2D eigenvalue weighted by molar-refractivity contribution is 6.20. The highest BCUT2D eigenvalue weighted by Gasteiger charge is 2.23. The Morgan fingerprint density at radius 2 is 1.80 bits per heavy atom. The molecule has 0 amide bonds. The van der Waals surface area contributed by atoms with Gasteiger partial charge in [-0.05, 0) is 12.3 Å². The number of ether oxygens (including phenoxy) is 1. The molecule has 1 unspecified atom stereocenters. The molecule has 0 aliphatic heterocycles. The van der Waals surface area contributed by atoms with Gasteiger partial charge in [0.2, 0.25) is 0 Å². The second-order valence-electron chi connectivity index (χ2n) is 5.85. The molecule has 1 rings (SSSR count). The molecule has 0 aromatic carbocycles. The highest BCUT2D eigenvalue weighted by atomic mass is 35.5. The average molecular weight is 233 g/mol. The van der Waals surface area contributed by atoms with Crippen LogP contribution in [0.2, 0.25) is 0 Å². The molecule has 0 bridgehead atoms. The fourth-order valence-corrected chi connectivity index (χ4v) is 2.15. The largest absolute Gasteiger partial charge is 0.362 e. The molecule has 1 aliphatic carbocycles. The van der Waals surface area contributed by atoms with Crippen molar-refractivity contribution in [3.8, 4) is 0 Å². The summed E-state index contributed by atoms with van der Waals surface area (Å²) in [6, 6.07) is 0. The van der Waals surface area contributed by atoms with Gasteiger partial charge in [0.15, 0.2) is 0 Å². The molecule has 0 aromatic rings. The van der Waals surface area contributed by atoms with E-state index >= 15 is 0 Å². The number of alkyl halides is 1. The lowest BCUT2D eigenvalue weighted by atomic mass is 9.87. The summed E-state index contributed by atoms with van der Waals surface area (Å²) in [4.78, 5) is 0. The quantitative estimate of drug-likeness (QED) is 0.645. The van der Waals surface area contributed by atoms with E-state index in [0.29, 0.717) is 0 Å². The molecule has 1 nitrogen and oxygen atoms in total. The predicted molar refractivity (Wildman–Crippen MR) is 66.2 cm³/mol. The molecule has 1 aliphatic rings. The predicted octanol–water partition coefficient (Wildman–Crippen LogP) is 4.58. The number of hydrogen-bond donors (Lipinski definition) is 0. The lowest BCUT2D eigenvalue weighted by Gasteiger charge is -2.27. The summed E-state index contributed by atoms with van der Waals surface area (Å²) in [5, 5.41) is 0. The Morgan fingerprint density at radius 3 is 2.33 bits per heavy atom. The summed E-state index contributed by atoms with van der Waals surface area (Å²) in [6.07, 6.45) is 8.23. The SMILES string of the molecule is CC(C)(C)C(Cl)OCCC1CCCCC1. The molecule has 0 aromatic heterocycles. The van der Waals surface area contributed by atoms with Gasteiger partial charge >= 0.3 is 0 Å². The third-order valence-electron chi connectivity index (χ3n) is 3.20. The van der Waals surface area contributed by atoms with Gasteiger partial charge in [-0.25, -0.2) is 0 Å². The van der Waals surface area contributed by atoms with E-state index in [0.717, 1.165) is 12.5 Å². The van der Waals surface area contributed by atoms with E-state index in [2.05, 4.69) is 20.8 Å². The first kappa shape index (κ1) is 13.3. The maximum Gasteiger partial charge on any atom is 0.135 e. The Kier molecular flexibility index (Phi) is 5.42. The number of rotatable bonds is 4. The second-order valence-corrected chi connectivity index (χ2v) is 6.24. The first-order chi connectivity index (χ1) is 7.00. The molecule has 0 saturated heterocycles. The molecule has 15 heavy (non-hydrogen) atoms. The zero-order valence-corrected chi connectivity index (χ0v) is 11.1. The first-order valence-corrected chi connectivity index (χ1v) is 6.69. The van der Waals surface area contributed by atoms with Crippen LogP contribution in [0.3, 0.4) is 0 Å². The van der Waals surface area contributed by atoms with E-state index in [1.54, 1.807) is 0 Å². The van der Waals surface area contributed by atoms with Gasteiger partial charge in [-0.2, -0.15) is 0 Å². The Bertz CT molecular complexity index is 168. The third kappa shape index (κ3) is 5.21. The van der Waals surface area contributed by atoms with Crippen molar-refractivity contribution in [1.82, 2.24) is 0 Å². The lowest BCUT2D eigenvalue weighted by molar-refractivity contribution is 0.0291. The van der Waals surface area contributed by atoms with Gasteiger partial charge < -0.3 is 4.74 Å². The van der Waals surface area contributed by atoms with Crippen LogP contribution in [-0.2, 0) is 4.74 Å². The summed E-state index contributed by atoms with van der Waals surface area (Å²) < 4.78 is 5.67. The molecule has 0 N–H and O–H groups in total. The van der Waals surface area contributed by atoms with E-state index in [-0.39, 0.29) is 11.0 Å². The molecule has 90 valence electrons. The minimum atomic E-state index is -0.152. The van der Waals surface area contributed by atoms with E-state index < -0.39 is 0 Å². The van der Waals surface area contributed by atoms with Crippen LogP contribution in [0.5, 0.6) is 0 Å². The smallest absolute Gasteiger partial charge is 0.135 e. The molecular weight excluding hydrogens is 208 g/mol. The van der Waals surface area contributed by atoms with Crippen molar-refractivity contribution in [2.24, 2.45) is 11.3 Å². The van der Waals surface area contributed by atoms with Gasteiger partial charge in [0.25, 0.3) is 0 Å². The fraction of sp³-hybridized carbons (Fsp3) is 1.00. The molecule has 2 heteroatoms. The van der Waals surface area contributed by atoms with Gasteiger partial charge in [-0.1, -0.05) is 64.5 Å². The number of halogens is 1. The minimum Gasteiger partial charge on any atom is -0.362 e. The molecule has 1 atom stereocenters. The summed E-state index contributed by atoms with van der Waals surface area (Å²) >= 11 is 6.15. The van der Waals surface area contributed by atoms with Crippen molar-refractivity contribution >= 4 is 11.6 Å². The van der Waals surface area contributed by atoms with Crippen molar-refractivity contribution in [2.45, 2.75) is 64.9 Å². The van der Waals surface area contributed by atoms with Crippen LogP contribution in [0.4, 0.5) is 0 Å². The Hall–Kier alpha value is 0.250. The summed E-state index contributed by atoms with van der Waals surface area (Å²) in [7, 11) is 0. The average Bonchev–Trinajstić information content (AvgIpc) is 2.18. The van der Waals surface area contributed by atoms with Crippen LogP contribution in [0, 0.1) is 11.3 Å². The Morgan fingerprint density at radius 1 is 1.20 bits per heavy atom. The van der Waals surface area contributed by atoms with Crippen molar-refractivity contribution in [3.63, 3.8) is 0 Å². The molecule has 1 fully saturated rings. The molecule has 0 spiro atoms. The summed E-state index contributed by atoms with van der Waals surface area (Å²) in [5.41, 5.74) is -0.102. The first-order valence-electron chi connectivity index (χ1n) is 6.26. The molecule has 0 radical (unpaired) electrons. The Balaban J connectivity index is 2.10. The second kappa shape index (κ2) is 6.10. The molecular formula is C13H25ClO. The van der Waals surface area contributed by atoms with E-state index in [1.165, 1.54) is 38.5 Å². The fourth-order valence-electron chi connectivity index (χ4n) is 2.06. The van der Waals surface area contributed by atoms with Crippen LogP contribution >= 0.6 is 11.6 Å². The van der Waals surface area contributed by atoms with E-state index in [1.807, 2.05) is 0 Å². The van der Waals surface area contributed by atoms with Crippen LogP contribution in [0.15, 0.2) is 0 Å². The van der Waals surface area contributed by atoms with Crippen LogP contribution in [0.1, 0.15) is 59.3 Å². The van der Waals surface area contributed by atoms with Crippen LogP contribution in [-0.4, -0.2) is 12.2 Å². The van der Waals surface area contributed by atoms with Crippen molar-refractivity contribution < 1.29 is 4.74 Å². The Labute approximate surface area is 99.5 Å². The van der Waals surface area contributed by atoms with E-state index in [9.17, 15) is 0 Å². The topological polar surface area (TPSA) is 9.23 Å². The van der Waals surface area contributed by atoms with Crippen molar-refractivity contribution in [2.75, 3.05) is 6.61 Å². The van der Waals surface area contributed by atoms with Crippen molar-refractivity contribution in [1.29, 1.82) is 0 Å². The van der Waals surface area contributed by atoms with Gasteiger partial charge in [0.05, 0.1) is 0 Å². The van der Waals surface area contributed by atoms with Gasteiger partial charge in [-0.15, -0.1) is 0 Å². The van der Waals surface area contributed by atoms with Crippen LogP contribution < -0.4 is 0 Å². The van der Waals surface area contributed by atoms with Gasteiger partial charge in [0, 0.05) is 12.0 Å². The summed E-state index contributed by atoms with van der Waals surface area (Å²) in [5.74, 6) is 0.891. The van der Waals surface area contributed by atoms with Crippen LogP contribution in [0.25, 0.3) is 0 Å². The minimum absolute atomic E-state index is 0.0497. The normalized spacial score (nSPS) is 21.6. The highest BCUT2D eigenvalue weighted by Crippen LogP contribution is 2.28. The monoisotopic (exact) mass is 232 g/mol. The maximum absolute atomic E-state index is 6.15. The standard InChI is InChI=1S/C13H25ClO/c1-13(2,3)12(14)15-10-9-11-7-5-4-6-8-11/h11-12H,4-10H2,1-3H3. The third-order valence-corrected chi connectivity index (χ3v) is 3.98. The molecule has 0 heterocycles. The maximum atomic E-state index is 6.15. The molecule has 1 saturated carbocycles. The summed E-state index contributed by atoms with van der Waals surface area (Å²) in [6.45, 7) is 7.18. The zero-order chi connectivity index (χ0) is 11.3.